The van der Waals surface area contributed by atoms with Gasteiger partial charge in [-0.25, -0.2) is 13.1 Å². The summed E-state index contributed by atoms with van der Waals surface area (Å²) in [4.78, 5) is 0.304. The molecule has 0 heterocycles. The molecular formula is C19H29NO3S. The Labute approximate surface area is 146 Å². The highest BCUT2D eigenvalue weighted by Crippen LogP contribution is 2.38. The van der Waals surface area contributed by atoms with Crippen LogP contribution in [-0.2, 0) is 10.0 Å². The third kappa shape index (κ3) is 4.47. The van der Waals surface area contributed by atoms with Gasteiger partial charge in [0, 0.05) is 6.61 Å². The zero-order valence-electron chi connectivity index (χ0n) is 14.7. The van der Waals surface area contributed by atoms with Crippen LogP contribution in [0.5, 0.6) is 0 Å². The van der Waals surface area contributed by atoms with Crippen molar-refractivity contribution in [1.29, 1.82) is 0 Å². The van der Waals surface area contributed by atoms with Crippen molar-refractivity contribution in [3.8, 4) is 0 Å². The topological polar surface area (TPSA) is 66.4 Å². The van der Waals surface area contributed by atoms with Crippen LogP contribution in [0.15, 0.2) is 40.8 Å². The number of hydrogen-bond acceptors (Lipinski definition) is 3. The molecule has 4 nitrogen and oxygen atoms in total. The van der Waals surface area contributed by atoms with Crippen molar-refractivity contribution in [3.63, 3.8) is 0 Å². The van der Waals surface area contributed by atoms with Crippen molar-refractivity contribution in [2.75, 3.05) is 6.61 Å². The monoisotopic (exact) mass is 351 g/mol. The molecule has 1 unspecified atom stereocenters. The van der Waals surface area contributed by atoms with Gasteiger partial charge in [-0.1, -0.05) is 42.7 Å². The Bertz CT molecular complexity index is 664. The van der Waals surface area contributed by atoms with Crippen LogP contribution in [0.1, 0.15) is 57.4 Å². The third-order valence-electron chi connectivity index (χ3n) is 4.80. The minimum absolute atomic E-state index is 0.0784. The van der Waals surface area contributed by atoms with Crippen LogP contribution in [0.4, 0.5) is 0 Å². The van der Waals surface area contributed by atoms with Crippen LogP contribution in [-0.4, -0.2) is 25.7 Å². The Morgan fingerprint density at radius 2 is 1.92 bits per heavy atom. The molecule has 1 aromatic rings. The van der Waals surface area contributed by atoms with Gasteiger partial charge < -0.3 is 5.11 Å². The van der Waals surface area contributed by atoms with Gasteiger partial charge in [-0.2, -0.15) is 0 Å². The smallest absolute Gasteiger partial charge is 0.241 e. The fraction of sp³-hybridized carbons (Fsp3) is 0.579. The SMILES string of the molecule is CCCCC1=CCCC1(CCCO)NS(=O)(=O)c1ccc(C)cc1. The minimum atomic E-state index is -3.58. The first kappa shape index (κ1) is 19.2. The Hall–Kier alpha value is -1.17. The molecule has 2 N–H and O–H groups in total. The molecule has 0 radical (unpaired) electrons. The van der Waals surface area contributed by atoms with Crippen LogP contribution >= 0.6 is 0 Å². The van der Waals surface area contributed by atoms with E-state index in [1.165, 1.54) is 5.57 Å². The Morgan fingerprint density at radius 3 is 2.54 bits per heavy atom. The van der Waals surface area contributed by atoms with E-state index in [4.69, 9.17) is 0 Å². The number of sulfonamides is 1. The van der Waals surface area contributed by atoms with Crippen molar-refractivity contribution in [1.82, 2.24) is 4.72 Å². The molecule has 1 atom stereocenters. The van der Waals surface area contributed by atoms with Crippen molar-refractivity contribution in [3.05, 3.63) is 41.5 Å². The lowest BCUT2D eigenvalue weighted by Gasteiger charge is -2.34. The summed E-state index contributed by atoms with van der Waals surface area (Å²) in [7, 11) is -3.58. The lowest BCUT2D eigenvalue weighted by Crippen LogP contribution is -2.48. The van der Waals surface area contributed by atoms with Crippen LogP contribution < -0.4 is 4.72 Å². The first-order chi connectivity index (χ1) is 11.4. The van der Waals surface area contributed by atoms with Crippen molar-refractivity contribution >= 4 is 10.0 Å². The van der Waals surface area contributed by atoms with E-state index in [2.05, 4.69) is 17.7 Å². The lowest BCUT2D eigenvalue weighted by molar-refractivity contribution is 0.261. The molecular weight excluding hydrogens is 322 g/mol. The minimum Gasteiger partial charge on any atom is -0.396 e. The maximum atomic E-state index is 12.9. The van der Waals surface area contributed by atoms with Gasteiger partial charge in [-0.3, -0.25) is 0 Å². The Morgan fingerprint density at radius 1 is 1.21 bits per heavy atom. The van der Waals surface area contributed by atoms with Gasteiger partial charge in [0.2, 0.25) is 10.0 Å². The summed E-state index contributed by atoms with van der Waals surface area (Å²) < 4.78 is 28.8. The van der Waals surface area contributed by atoms with E-state index in [0.29, 0.717) is 17.7 Å². The number of hydrogen-bond donors (Lipinski definition) is 2. The number of aliphatic hydroxyl groups is 1. The summed E-state index contributed by atoms with van der Waals surface area (Å²) in [5.74, 6) is 0. The van der Waals surface area contributed by atoms with E-state index < -0.39 is 15.6 Å². The van der Waals surface area contributed by atoms with Gasteiger partial charge in [-0.05, 0) is 57.6 Å². The summed E-state index contributed by atoms with van der Waals surface area (Å²) >= 11 is 0. The largest absolute Gasteiger partial charge is 0.396 e. The zero-order chi connectivity index (χ0) is 17.6. The van der Waals surface area contributed by atoms with E-state index in [1.807, 2.05) is 19.1 Å². The van der Waals surface area contributed by atoms with E-state index in [1.54, 1.807) is 12.1 Å². The number of nitrogens with one attached hydrogen (secondary N) is 1. The number of unbranched alkanes of at least 4 members (excludes halogenated alkanes) is 1. The van der Waals surface area contributed by atoms with E-state index in [9.17, 15) is 13.5 Å². The Balaban J connectivity index is 2.28. The van der Waals surface area contributed by atoms with Gasteiger partial charge in [0.1, 0.15) is 0 Å². The highest BCUT2D eigenvalue weighted by molar-refractivity contribution is 7.89. The molecule has 1 aliphatic rings. The average molecular weight is 352 g/mol. The number of allylic oxidation sites excluding steroid dienone is 1. The molecule has 0 aliphatic heterocycles. The van der Waals surface area contributed by atoms with E-state index >= 15 is 0 Å². The fourth-order valence-electron chi connectivity index (χ4n) is 3.42. The second-order valence-electron chi connectivity index (χ2n) is 6.70. The molecule has 0 aromatic heterocycles. The number of aryl methyl sites for hydroxylation is 1. The van der Waals surface area contributed by atoms with Crippen molar-refractivity contribution < 1.29 is 13.5 Å². The predicted octanol–water partition coefficient (Wildman–Crippen LogP) is 3.70. The van der Waals surface area contributed by atoms with Crippen LogP contribution in [0.2, 0.25) is 0 Å². The molecule has 0 bridgehead atoms. The summed E-state index contributed by atoms with van der Waals surface area (Å²) in [6.07, 6.45) is 8.14. The lowest BCUT2D eigenvalue weighted by atomic mass is 9.85. The van der Waals surface area contributed by atoms with Gasteiger partial charge >= 0.3 is 0 Å². The quantitative estimate of drug-likeness (QED) is 0.667. The molecule has 1 aromatic carbocycles. The molecule has 0 saturated heterocycles. The summed E-state index contributed by atoms with van der Waals surface area (Å²) in [6, 6.07) is 6.94. The first-order valence-corrected chi connectivity index (χ1v) is 10.3. The van der Waals surface area contributed by atoms with E-state index in [0.717, 1.165) is 37.7 Å². The molecule has 0 saturated carbocycles. The molecule has 24 heavy (non-hydrogen) atoms. The van der Waals surface area contributed by atoms with Crippen LogP contribution in [0.3, 0.4) is 0 Å². The number of aliphatic hydroxyl groups excluding tert-OH is 1. The maximum absolute atomic E-state index is 12.9. The van der Waals surface area contributed by atoms with Gasteiger partial charge in [0.05, 0.1) is 10.4 Å². The standard InChI is InChI=1S/C19H29NO3S/c1-3-4-7-17-8-5-13-19(17,14-6-15-21)20-24(22,23)18-11-9-16(2)10-12-18/h8-12,20-21H,3-7,13-15H2,1-2H3. The summed E-state index contributed by atoms with van der Waals surface area (Å²) in [6.45, 7) is 4.16. The molecule has 0 amide bonds. The number of rotatable bonds is 9. The van der Waals surface area contributed by atoms with Crippen LogP contribution in [0.25, 0.3) is 0 Å². The van der Waals surface area contributed by atoms with Crippen molar-refractivity contribution in [2.45, 2.75) is 69.2 Å². The molecule has 1 aliphatic carbocycles. The molecule has 0 fully saturated rings. The summed E-state index contributed by atoms with van der Waals surface area (Å²) in [5.41, 5.74) is 1.68. The second kappa shape index (κ2) is 8.28. The second-order valence-corrected chi connectivity index (χ2v) is 8.38. The Kier molecular flexibility index (Phi) is 6.61. The predicted molar refractivity (Wildman–Crippen MR) is 97.4 cm³/mol. The van der Waals surface area contributed by atoms with Gasteiger partial charge in [0.15, 0.2) is 0 Å². The van der Waals surface area contributed by atoms with Crippen LogP contribution in [0, 0.1) is 6.92 Å². The third-order valence-corrected chi connectivity index (χ3v) is 6.35. The molecule has 5 heteroatoms. The maximum Gasteiger partial charge on any atom is 0.241 e. The molecule has 2 rings (SSSR count). The van der Waals surface area contributed by atoms with Gasteiger partial charge in [0.25, 0.3) is 0 Å². The number of benzene rings is 1. The highest BCUT2D eigenvalue weighted by atomic mass is 32.2. The molecule has 134 valence electrons. The average Bonchev–Trinajstić information content (AvgIpc) is 2.93. The normalized spacial score (nSPS) is 21.0. The van der Waals surface area contributed by atoms with Gasteiger partial charge in [-0.15, -0.1) is 0 Å². The fourth-order valence-corrected chi connectivity index (χ4v) is 4.89. The van der Waals surface area contributed by atoms with Crippen molar-refractivity contribution in [2.24, 2.45) is 0 Å². The zero-order valence-corrected chi connectivity index (χ0v) is 15.5. The first-order valence-electron chi connectivity index (χ1n) is 8.84. The molecule has 0 spiro atoms. The van der Waals surface area contributed by atoms with E-state index in [-0.39, 0.29) is 6.61 Å². The summed E-state index contributed by atoms with van der Waals surface area (Å²) in [5, 5.41) is 9.25. The highest BCUT2D eigenvalue weighted by Gasteiger charge is 2.39.